The molecule has 1 heterocycles. The van der Waals surface area contributed by atoms with Gasteiger partial charge in [-0.25, -0.2) is 4.79 Å². The number of aliphatic carboxylic acids is 1. The number of fused-ring (bicyclic) bond motifs is 3. The van der Waals surface area contributed by atoms with E-state index in [1.165, 1.54) is 18.4 Å². The number of rotatable bonds is 4. The molecule has 0 spiro atoms. The second-order valence-electron chi connectivity index (χ2n) is 8.26. The topological polar surface area (TPSA) is 92.7 Å². The number of ether oxygens (including phenoxy) is 1. The van der Waals surface area contributed by atoms with E-state index in [2.05, 4.69) is 12.2 Å². The fourth-order valence-electron chi connectivity index (χ4n) is 5.38. The maximum absolute atomic E-state index is 13.0. The van der Waals surface area contributed by atoms with E-state index >= 15 is 0 Å². The molecule has 2 fully saturated rings. The van der Waals surface area contributed by atoms with Crippen molar-refractivity contribution >= 4 is 34.2 Å². The molecule has 2 saturated carbocycles. The van der Waals surface area contributed by atoms with Crippen LogP contribution in [-0.2, 0) is 27.2 Å². The van der Waals surface area contributed by atoms with Gasteiger partial charge in [0.15, 0.2) is 0 Å². The number of hydrogen-bond acceptors (Lipinski definition) is 5. The van der Waals surface area contributed by atoms with Gasteiger partial charge in [-0.1, -0.05) is 6.92 Å². The fraction of sp³-hybridized carbons (Fsp3) is 0.650. The highest BCUT2D eigenvalue weighted by Gasteiger charge is 2.54. The molecule has 146 valence electrons. The van der Waals surface area contributed by atoms with Gasteiger partial charge in [-0.05, 0) is 61.8 Å². The van der Waals surface area contributed by atoms with Gasteiger partial charge in [0, 0.05) is 4.88 Å². The number of carboxylic acids is 1. The Balaban J connectivity index is 1.63. The predicted octanol–water partition coefficient (Wildman–Crippen LogP) is 3.34. The van der Waals surface area contributed by atoms with Gasteiger partial charge in [-0.15, -0.1) is 11.3 Å². The molecule has 0 saturated heterocycles. The quantitative estimate of drug-likeness (QED) is 0.768. The van der Waals surface area contributed by atoms with Gasteiger partial charge in [0.1, 0.15) is 5.00 Å². The normalized spacial score (nSPS) is 31.4. The van der Waals surface area contributed by atoms with E-state index in [1.54, 1.807) is 0 Å². The zero-order chi connectivity index (χ0) is 19.3. The van der Waals surface area contributed by atoms with Crippen LogP contribution < -0.4 is 5.32 Å². The zero-order valence-electron chi connectivity index (χ0n) is 15.6. The predicted molar refractivity (Wildman–Crippen MR) is 101 cm³/mol. The van der Waals surface area contributed by atoms with Crippen molar-refractivity contribution in [3.8, 4) is 0 Å². The van der Waals surface area contributed by atoms with Crippen molar-refractivity contribution in [3.05, 3.63) is 16.0 Å². The number of carbonyl (C=O) groups excluding carboxylic acids is 2. The molecule has 6 nitrogen and oxygen atoms in total. The number of nitrogens with one attached hydrogen (secondary N) is 1. The van der Waals surface area contributed by atoms with Crippen molar-refractivity contribution in [2.75, 3.05) is 12.4 Å². The minimum Gasteiger partial charge on any atom is -0.481 e. The van der Waals surface area contributed by atoms with Crippen LogP contribution in [0.25, 0.3) is 0 Å². The summed E-state index contributed by atoms with van der Waals surface area (Å²) in [5.41, 5.74) is 1.45. The first-order chi connectivity index (χ1) is 12.9. The van der Waals surface area contributed by atoms with Crippen molar-refractivity contribution in [2.24, 2.45) is 29.6 Å². The van der Waals surface area contributed by atoms with Crippen LogP contribution in [0, 0.1) is 29.6 Å². The van der Waals surface area contributed by atoms with Crippen LogP contribution in [0.1, 0.15) is 53.4 Å². The first kappa shape index (κ1) is 18.5. The number of hydrogen-bond donors (Lipinski definition) is 2. The van der Waals surface area contributed by atoms with Crippen LogP contribution >= 0.6 is 11.3 Å². The van der Waals surface area contributed by atoms with Gasteiger partial charge in [-0.2, -0.15) is 0 Å². The van der Waals surface area contributed by atoms with Crippen LogP contribution in [0.3, 0.4) is 0 Å². The third-order valence-corrected chi connectivity index (χ3v) is 7.81. The van der Waals surface area contributed by atoms with Gasteiger partial charge in [0.25, 0.3) is 0 Å². The number of anilines is 1. The van der Waals surface area contributed by atoms with Crippen LogP contribution in [0.4, 0.5) is 5.00 Å². The Kier molecular flexibility index (Phi) is 4.74. The molecule has 2 N–H and O–H groups in total. The van der Waals surface area contributed by atoms with Crippen molar-refractivity contribution in [1.29, 1.82) is 0 Å². The second kappa shape index (κ2) is 6.93. The summed E-state index contributed by atoms with van der Waals surface area (Å²) in [5, 5.41) is 13.1. The maximum atomic E-state index is 13.0. The lowest BCUT2D eigenvalue weighted by Gasteiger charge is -2.26. The molecule has 3 aliphatic rings. The molecule has 0 aromatic carbocycles. The van der Waals surface area contributed by atoms with E-state index < -0.39 is 23.8 Å². The van der Waals surface area contributed by atoms with Crippen molar-refractivity contribution in [3.63, 3.8) is 0 Å². The summed E-state index contributed by atoms with van der Waals surface area (Å²) in [4.78, 5) is 38.3. The summed E-state index contributed by atoms with van der Waals surface area (Å²) in [6.07, 6.45) is 5.33. The minimum atomic E-state index is -0.880. The largest absolute Gasteiger partial charge is 0.481 e. The molecular weight excluding hydrogens is 366 g/mol. The van der Waals surface area contributed by atoms with Gasteiger partial charge in [0.2, 0.25) is 5.91 Å². The van der Waals surface area contributed by atoms with Crippen molar-refractivity contribution in [1.82, 2.24) is 0 Å². The lowest BCUT2D eigenvalue weighted by molar-refractivity contribution is -0.148. The Morgan fingerprint density at radius 3 is 2.52 bits per heavy atom. The number of carbonyl (C=O) groups is 3. The number of methoxy groups -OCH3 is 1. The van der Waals surface area contributed by atoms with E-state index in [4.69, 9.17) is 4.74 Å². The number of thiophene rings is 1. The Labute approximate surface area is 162 Å². The Morgan fingerprint density at radius 1 is 1.15 bits per heavy atom. The van der Waals surface area contributed by atoms with Crippen molar-refractivity contribution < 1.29 is 24.2 Å². The minimum absolute atomic E-state index is 0.0979. The van der Waals surface area contributed by atoms with Gasteiger partial charge in [-0.3, -0.25) is 9.59 Å². The molecule has 1 aromatic heterocycles. The highest BCUT2D eigenvalue weighted by Crippen LogP contribution is 2.53. The third-order valence-electron chi connectivity index (χ3n) is 6.64. The Morgan fingerprint density at radius 2 is 1.85 bits per heavy atom. The van der Waals surface area contributed by atoms with Gasteiger partial charge >= 0.3 is 11.9 Å². The third kappa shape index (κ3) is 3.06. The summed E-state index contributed by atoms with van der Waals surface area (Å²) in [6, 6.07) is 0. The lowest BCUT2D eigenvalue weighted by atomic mass is 9.78. The summed E-state index contributed by atoms with van der Waals surface area (Å²) in [7, 11) is 1.35. The van der Waals surface area contributed by atoms with Gasteiger partial charge in [0.05, 0.1) is 24.5 Å². The molecule has 27 heavy (non-hydrogen) atoms. The summed E-state index contributed by atoms with van der Waals surface area (Å²) >= 11 is 1.45. The molecule has 4 rings (SSSR count). The monoisotopic (exact) mass is 391 g/mol. The lowest BCUT2D eigenvalue weighted by Crippen LogP contribution is -2.38. The van der Waals surface area contributed by atoms with E-state index in [1.807, 2.05) is 0 Å². The second-order valence-corrected chi connectivity index (χ2v) is 9.36. The van der Waals surface area contributed by atoms with E-state index in [9.17, 15) is 19.5 Å². The molecule has 1 amide bonds. The highest BCUT2D eigenvalue weighted by molar-refractivity contribution is 7.17. The summed E-state index contributed by atoms with van der Waals surface area (Å²) in [5.74, 6) is -1.91. The average Bonchev–Trinajstić information content (AvgIpc) is 3.32. The van der Waals surface area contributed by atoms with Crippen LogP contribution in [0.15, 0.2) is 0 Å². The molecule has 5 atom stereocenters. The summed E-state index contributed by atoms with van der Waals surface area (Å²) in [6.45, 7) is 2.19. The summed E-state index contributed by atoms with van der Waals surface area (Å²) < 4.78 is 4.97. The zero-order valence-corrected chi connectivity index (χ0v) is 16.4. The maximum Gasteiger partial charge on any atom is 0.341 e. The fourth-order valence-corrected chi connectivity index (χ4v) is 6.78. The SMILES string of the molecule is COC(=O)c1c(NC(=O)[C@H]2[C@H]3CC[C@@H](C3)[C@@H]2C(=O)O)sc2c1CC[C@@H](C)C2. The molecule has 3 aliphatic carbocycles. The molecular formula is C20H25NO5S. The first-order valence-electron chi connectivity index (χ1n) is 9.67. The smallest absolute Gasteiger partial charge is 0.341 e. The van der Waals surface area contributed by atoms with Crippen molar-refractivity contribution in [2.45, 2.75) is 45.4 Å². The number of carboxylic acid groups (broad SMARTS) is 1. The Bertz CT molecular complexity index is 801. The van der Waals surface area contributed by atoms with Crippen LogP contribution in [-0.4, -0.2) is 30.1 Å². The average molecular weight is 391 g/mol. The van der Waals surface area contributed by atoms with Crippen LogP contribution in [0.5, 0.6) is 0 Å². The molecule has 0 unspecified atom stereocenters. The van der Waals surface area contributed by atoms with Gasteiger partial charge < -0.3 is 15.2 Å². The highest BCUT2D eigenvalue weighted by atomic mass is 32.1. The number of esters is 1. The molecule has 2 bridgehead atoms. The Hall–Kier alpha value is -1.89. The molecule has 7 heteroatoms. The van der Waals surface area contributed by atoms with E-state index in [-0.39, 0.29) is 17.7 Å². The standard InChI is InChI=1S/C20H25NO5S/c1-9-3-6-12-13(7-9)27-18(16(12)20(25)26-2)21-17(22)14-10-4-5-11(8-10)15(14)19(23)24/h9-11,14-15H,3-8H2,1-2H3,(H,21,22)(H,23,24)/t9-,10+,11+,14+,15+/m1/s1. The van der Waals surface area contributed by atoms with E-state index in [0.29, 0.717) is 16.5 Å². The van der Waals surface area contributed by atoms with Crippen LogP contribution in [0.2, 0.25) is 0 Å². The first-order valence-corrected chi connectivity index (χ1v) is 10.5. The molecule has 0 aliphatic heterocycles. The van der Waals surface area contributed by atoms with E-state index in [0.717, 1.165) is 49.0 Å². The molecule has 1 aromatic rings. The molecule has 0 radical (unpaired) electrons. The number of amides is 1.